The quantitative estimate of drug-likeness (QED) is 0.747. The van der Waals surface area contributed by atoms with Gasteiger partial charge in [-0.05, 0) is 19.3 Å². The molecule has 0 aromatic carbocycles. The minimum atomic E-state index is -0.304. The molecule has 1 aliphatic rings. The SMILES string of the molecule is CCC(N)C(=O)N(C)C1CCCCC1. The standard InChI is InChI=1S/C11H22N2O/c1-3-10(12)11(14)13(2)9-7-5-4-6-8-9/h9-10H,3-8,12H2,1-2H3. The number of nitrogens with zero attached hydrogens (tertiary/aromatic N) is 1. The Morgan fingerprint density at radius 3 is 2.50 bits per heavy atom. The van der Waals surface area contributed by atoms with Gasteiger partial charge in [-0.25, -0.2) is 0 Å². The van der Waals surface area contributed by atoms with Gasteiger partial charge in [0.2, 0.25) is 5.91 Å². The molecular weight excluding hydrogens is 176 g/mol. The molecule has 0 heterocycles. The fourth-order valence-corrected chi connectivity index (χ4v) is 2.08. The summed E-state index contributed by atoms with van der Waals surface area (Å²) in [5.74, 6) is 0.111. The molecule has 1 unspecified atom stereocenters. The lowest BCUT2D eigenvalue weighted by Crippen LogP contribution is -2.46. The van der Waals surface area contributed by atoms with Crippen LogP contribution in [0, 0.1) is 0 Å². The third-order valence-electron chi connectivity index (χ3n) is 3.23. The van der Waals surface area contributed by atoms with E-state index in [1.54, 1.807) is 0 Å². The second-order valence-electron chi connectivity index (χ2n) is 4.26. The first kappa shape index (κ1) is 11.5. The summed E-state index contributed by atoms with van der Waals surface area (Å²) in [6.07, 6.45) is 6.86. The Hall–Kier alpha value is -0.570. The van der Waals surface area contributed by atoms with Gasteiger partial charge >= 0.3 is 0 Å². The predicted octanol–water partition coefficient (Wildman–Crippen LogP) is 1.51. The molecule has 3 heteroatoms. The topological polar surface area (TPSA) is 46.3 Å². The van der Waals surface area contributed by atoms with Crippen molar-refractivity contribution in [3.05, 3.63) is 0 Å². The zero-order valence-electron chi connectivity index (χ0n) is 9.33. The van der Waals surface area contributed by atoms with Gasteiger partial charge in [0.25, 0.3) is 0 Å². The lowest BCUT2D eigenvalue weighted by Gasteiger charge is -2.32. The van der Waals surface area contributed by atoms with Crippen molar-refractivity contribution >= 4 is 5.91 Å². The second kappa shape index (κ2) is 5.35. The van der Waals surface area contributed by atoms with Gasteiger partial charge in [-0.2, -0.15) is 0 Å². The lowest BCUT2D eigenvalue weighted by molar-refractivity contribution is -0.134. The maximum atomic E-state index is 11.8. The van der Waals surface area contributed by atoms with Gasteiger partial charge in [-0.3, -0.25) is 4.79 Å². The van der Waals surface area contributed by atoms with E-state index in [1.165, 1.54) is 19.3 Å². The van der Waals surface area contributed by atoms with Gasteiger partial charge in [0.15, 0.2) is 0 Å². The van der Waals surface area contributed by atoms with E-state index in [9.17, 15) is 4.79 Å². The van der Waals surface area contributed by atoms with Crippen LogP contribution in [0.2, 0.25) is 0 Å². The number of carbonyl (C=O) groups excluding carboxylic acids is 1. The van der Waals surface area contributed by atoms with Crippen molar-refractivity contribution in [2.24, 2.45) is 5.73 Å². The number of hydrogen-bond donors (Lipinski definition) is 1. The summed E-state index contributed by atoms with van der Waals surface area (Å²) in [5, 5.41) is 0. The largest absolute Gasteiger partial charge is 0.341 e. The van der Waals surface area contributed by atoms with Crippen molar-refractivity contribution in [3.63, 3.8) is 0 Å². The van der Waals surface area contributed by atoms with E-state index in [4.69, 9.17) is 5.73 Å². The van der Waals surface area contributed by atoms with Crippen LogP contribution in [-0.2, 0) is 4.79 Å². The summed E-state index contributed by atoms with van der Waals surface area (Å²) in [4.78, 5) is 13.6. The van der Waals surface area contributed by atoms with E-state index in [0.29, 0.717) is 6.04 Å². The molecule has 1 rings (SSSR count). The molecule has 1 fully saturated rings. The first-order valence-corrected chi connectivity index (χ1v) is 5.69. The summed E-state index contributed by atoms with van der Waals surface area (Å²) in [6.45, 7) is 1.96. The summed E-state index contributed by atoms with van der Waals surface area (Å²) in [6, 6.07) is 0.135. The molecule has 0 bridgehead atoms. The van der Waals surface area contributed by atoms with E-state index in [2.05, 4.69) is 0 Å². The molecule has 2 N–H and O–H groups in total. The number of likely N-dealkylation sites (N-methyl/N-ethyl adjacent to an activating group) is 1. The van der Waals surface area contributed by atoms with Crippen LogP contribution in [0.1, 0.15) is 45.4 Å². The molecule has 0 aliphatic heterocycles. The highest BCUT2D eigenvalue weighted by Gasteiger charge is 2.24. The maximum absolute atomic E-state index is 11.8. The van der Waals surface area contributed by atoms with E-state index in [0.717, 1.165) is 19.3 Å². The van der Waals surface area contributed by atoms with Crippen molar-refractivity contribution in [2.45, 2.75) is 57.5 Å². The Kier molecular flexibility index (Phi) is 4.39. The smallest absolute Gasteiger partial charge is 0.239 e. The molecule has 1 aliphatic carbocycles. The van der Waals surface area contributed by atoms with E-state index in [1.807, 2.05) is 18.9 Å². The van der Waals surface area contributed by atoms with Crippen LogP contribution in [0.15, 0.2) is 0 Å². The Balaban J connectivity index is 2.45. The van der Waals surface area contributed by atoms with Gasteiger partial charge in [-0.15, -0.1) is 0 Å². The molecule has 0 aromatic heterocycles. The van der Waals surface area contributed by atoms with Crippen LogP contribution in [0.4, 0.5) is 0 Å². The minimum Gasteiger partial charge on any atom is -0.341 e. The second-order valence-corrected chi connectivity index (χ2v) is 4.26. The van der Waals surface area contributed by atoms with E-state index >= 15 is 0 Å². The van der Waals surface area contributed by atoms with Crippen molar-refractivity contribution in [1.82, 2.24) is 4.90 Å². The molecule has 1 amide bonds. The molecule has 82 valence electrons. The first-order valence-electron chi connectivity index (χ1n) is 5.69. The zero-order chi connectivity index (χ0) is 10.6. The van der Waals surface area contributed by atoms with Crippen LogP contribution >= 0.6 is 0 Å². The zero-order valence-corrected chi connectivity index (χ0v) is 9.33. The normalized spacial score (nSPS) is 20.5. The Labute approximate surface area is 86.6 Å². The molecule has 1 atom stereocenters. The number of hydrogen-bond acceptors (Lipinski definition) is 2. The Bertz CT molecular complexity index is 188. The molecule has 0 aromatic rings. The first-order chi connectivity index (χ1) is 6.66. The highest BCUT2D eigenvalue weighted by atomic mass is 16.2. The molecular formula is C11H22N2O. The fraction of sp³-hybridized carbons (Fsp3) is 0.909. The maximum Gasteiger partial charge on any atom is 0.239 e. The van der Waals surface area contributed by atoms with Gasteiger partial charge in [0.1, 0.15) is 0 Å². The molecule has 1 saturated carbocycles. The van der Waals surface area contributed by atoms with Crippen LogP contribution < -0.4 is 5.73 Å². The third-order valence-corrected chi connectivity index (χ3v) is 3.23. The van der Waals surface area contributed by atoms with Crippen molar-refractivity contribution in [1.29, 1.82) is 0 Å². The van der Waals surface area contributed by atoms with Crippen molar-refractivity contribution < 1.29 is 4.79 Å². The highest BCUT2D eigenvalue weighted by Crippen LogP contribution is 2.21. The third kappa shape index (κ3) is 2.71. The number of nitrogens with two attached hydrogens (primary N) is 1. The van der Waals surface area contributed by atoms with Crippen LogP contribution in [0.5, 0.6) is 0 Å². The van der Waals surface area contributed by atoms with Crippen LogP contribution in [-0.4, -0.2) is 29.9 Å². The van der Waals surface area contributed by atoms with Crippen molar-refractivity contribution in [3.8, 4) is 0 Å². The average molecular weight is 198 g/mol. The molecule has 0 radical (unpaired) electrons. The van der Waals surface area contributed by atoms with Crippen LogP contribution in [0.25, 0.3) is 0 Å². The summed E-state index contributed by atoms with van der Waals surface area (Å²) < 4.78 is 0. The molecule has 0 saturated heterocycles. The van der Waals surface area contributed by atoms with Crippen LogP contribution in [0.3, 0.4) is 0 Å². The van der Waals surface area contributed by atoms with Crippen molar-refractivity contribution in [2.75, 3.05) is 7.05 Å². The highest BCUT2D eigenvalue weighted by molar-refractivity contribution is 5.81. The monoisotopic (exact) mass is 198 g/mol. The number of amides is 1. The van der Waals surface area contributed by atoms with Gasteiger partial charge in [-0.1, -0.05) is 26.2 Å². The van der Waals surface area contributed by atoms with E-state index < -0.39 is 0 Å². The Morgan fingerprint density at radius 2 is 2.00 bits per heavy atom. The predicted molar refractivity (Wildman–Crippen MR) is 57.9 cm³/mol. The van der Waals surface area contributed by atoms with Gasteiger partial charge < -0.3 is 10.6 Å². The summed E-state index contributed by atoms with van der Waals surface area (Å²) >= 11 is 0. The van der Waals surface area contributed by atoms with Gasteiger partial charge in [0, 0.05) is 13.1 Å². The minimum absolute atomic E-state index is 0.111. The number of carbonyl (C=O) groups is 1. The fourth-order valence-electron chi connectivity index (χ4n) is 2.08. The summed E-state index contributed by atoms with van der Waals surface area (Å²) in [7, 11) is 1.90. The van der Waals surface area contributed by atoms with Gasteiger partial charge in [0.05, 0.1) is 6.04 Å². The van der Waals surface area contributed by atoms with E-state index in [-0.39, 0.29) is 11.9 Å². The number of rotatable bonds is 3. The molecule has 0 spiro atoms. The molecule has 3 nitrogen and oxygen atoms in total. The summed E-state index contributed by atoms with van der Waals surface area (Å²) in [5.41, 5.74) is 5.73. The Morgan fingerprint density at radius 1 is 1.43 bits per heavy atom. The molecule has 14 heavy (non-hydrogen) atoms. The average Bonchev–Trinajstić information content (AvgIpc) is 2.27. The lowest BCUT2D eigenvalue weighted by atomic mass is 9.94.